The van der Waals surface area contributed by atoms with E-state index >= 15 is 0 Å². The Morgan fingerprint density at radius 1 is 1.35 bits per heavy atom. The van der Waals surface area contributed by atoms with Crippen molar-refractivity contribution < 1.29 is 14.6 Å². The third kappa shape index (κ3) is 2.87. The van der Waals surface area contributed by atoms with E-state index in [1.54, 1.807) is 0 Å². The Kier molecular flexibility index (Phi) is 4.18. The Balaban J connectivity index is 2.28. The number of carboxylic acids is 1. The molecule has 0 radical (unpaired) electrons. The molecule has 0 saturated carbocycles. The molecule has 3 nitrogen and oxygen atoms in total. The molecule has 1 N–H and O–H groups in total. The lowest BCUT2D eigenvalue weighted by Gasteiger charge is -2.28. The van der Waals surface area contributed by atoms with Crippen LogP contribution in [0.4, 0.5) is 0 Å². The Hall–Kier alpha value is -0.870. The van der Waals surface area contributed by atoms with Gasteiger partial charge in [0.15, 0.2) is 0 Å². The summed E-state index contributed by atoms with van der Waals surface area (Å²) < 4.78 is 6.17. The summed E-state index contributed by atoms with van der Waals surface area (Å²) in [6.45, 7) is 1.33. The molecule has 1 aromatic carbocycles. The molecule has 17 heavy (non-hydrogen) atoms. The number of carboxylic acid groups (broad SMARTS) is 1. The van der Waals surface area contributed by atoms with Crippen LogP contribution in [0.3, 0.4) is 0 Å². The van der Waals surface area contributed by atoms with Crippen molar-refractivity contribution in [2.24, 2.45) is 5.92 Å². The third-order valence-electron chi connectivity index (χ3n) is 3.24. The summed E-state index contributed by atoms with van der Waals surface area (Å²) in [5.74, 6) is -1.02. The Morgan fingerprint density at radius 2 is 2.00 bits per heavy atom. The first-order valence-electron chi connectivity index (χ1n) is 5.75. The lowest BCUT2D eigenvalue weighted by atomic mass is 9.81. The summed E-state index contributed by atoms with van der Waals surface area (Å²) in [5.41, 5.74) is 0.868. The fourth-order valence-corrected chi connectivity index (χ4v) is 2.90. The monoisotopic (exact) mass is 298 g/mol. The largest absolute Gasteiger partial charge is 0.481 e. The molecule has 1 unspecified atom stereocenters. The molecule has 1 aliphatic rings. The maximum atomic E-state index is 11.5. The number of halogens is 1. The SMILES string of the molecule is O=C(O)C(c1ccccc1Br)C1CCOCC1. The van der Waals surface area contributed by atoms with Gasteiger partial charge < -0.3 is 9.84 Å². The standard InChI is InChI=1S/C13H15BrO3/c14-11-4-2-1-3-10(11)12(13(15)16)9-5-7-17-8-6-9/h1-4,9,12H,5-8H2,(H,15,16). The second-order valence-corrected chi connectivity index (χ2v) is 5.14. The summed E-state index contributed by atoms with van der Waals surface area (Å²) in [7, 11) is 0. The van der Waals surface area contributed by atoms with Gasteiger partial charge in [0, 0.05) is 17.7 Å². The Morgan fingerprint density at radius 3 is 2.59 bits per heavy atom. The highest BCUT2D eigenvalue weighted by Gasteiger charge is 2.32. The van der Waals surface area contributed by atoms with E-state index in [9.17, 15) is 9.90 Å². The first-order valence-corrected chi connectivity index (χ1v) is 6.54. The van der Waals surface area contributed by atoms with Crippen LogP contribution in [0.5, 0.6) is 0 Å². The number of benzene rings is 1. The summed E-state index contributed by atoms with van der Waals surface area (Å²) in [4.78, 5) is 11.5. The van der Waals surface area contributed by atoms with Crippen molar-refractivity contribution in [3.8, 4) is 0 Å². The van der Waals surface area contributed by atoms with Gasteiger partial charge in [0.2, 0.25) is 0 Å². The fourth-order valence-electron chi connectivity index (χ4n) is 2.37. The van der Waals surface area contributed by atoms with Crippen LogP contribution in [0, 0.1) is 5.92 Å². The van der Waals surface area contributed by atoms with Crippen LogP contribution in [0.15, 0.2) is 28.7 Å². The van der Waals surface area contributed by atoms with Gasteiger partial charge in [-0.2, -0.15) is 0 Å². The highest BCUT2D eigenvalue weighted by Crippen LogP contribution is 2.35. The van der Waals surface area contributed by atoms with Crippen molar-refractivity contribution >= 4 is 21.9 Å². The van der Waals surface area contributed by atoms with Crippen LogP contribution in [-0.4, -0.2) is 24.3 Å². The van der Waals surface area contributed by atoms with Gasteiger partial charge in [0.1, 0.15) is 0 Å². The van der Waals surface area contributed by atoms with Crippen molar-refractivity contribution in [1.29, 1.82) is 0 Å². The minimum absolute atomic E-state index is 0.167. The van der Waals surface area contributed by atoms with Crippen molar-refractivity contribution in [3.05, 3.63) is 34.3 Å². The maximum absolute atomic E-state index is 11.5. The van der Waals surface area contributed by atoms with Crippen LogP contribution < -0.4 is 0 Å². The van der Waals surface area contributed by atoms with Crippen molar-refractivity contribution in [1.82, 2.24) is 0 Å². The Bertz CT molecular complexity index is 399. The van der Waals surface area contributed by atoms with Gasteiger partial charge in [-0.25, -0.2) is 0 Å². The van der Waals surface area contributed by atoms with E-state index in [1.165, 1.54) is 0 Å². The number of hydrogen-bond acceptors (Lipinski definition) is 2. The van der Waals surface area contributed by atoms with Crippen LogP contribution in [0.1, 0.15) is 24.3 Å². The molecule has 1 heterocycles. The van der Waals surface area contributed by atoms with Gasteiger partial charge in [-0.1, -0.05) is 34.1 Å². The molecular weight excluding hydrogens is 284 g/mol. The van der Waals surface area contributed by atoms with Gasteiger partial charge >= 0.3 is 5.97 Å². The normalized spacial score (nSPS) is 18.9. The molecular formula is C13H15BrO3. The summed E-state index contributed by atoms with van der Waals surface area (Å²) in [6.07, 6.45) is 1.64. The van der Waals surface area contributed by atoms with Gasteiger partial charge in [-0.3, -0.25) is 4.79 Å². The van der Waals surface area contributed by atoms with Crippen molar-refractivity contribution in [2.75, 3.05) is 13.2 Å². The summed E-state index contributed by atoms with van der Waals surface area (Å²) >= 11 is 3.44. The molecule has 0 amide bonds. The first-order chi connectivity index (χ1) is 8.20. The van der Waals surface area contributed by atoms with E-state index in [1.807, 2.05) is 24.3 Å². The van der Waals surface area contributed by atoms with Crippen LogP contribution in [0.2, 0.25) is 0 Å². The van der Waals surface area contributed by atoms with Gasteiger partial charge in [0.05, 0.1) is 5.92 Å². The average Bonchev–Trinajstić information content (AvgIpc) is 2.33. The quantitative estimate of drug-likeness (QED) is 0.933. The third-order valence-corrected chi connectivity index (χ3v) is 3.97. The smallest absolute Gasteiger partial charge is 0.311 e. The van der Waals surface area contributed by atoms with E-state index in [0.717, 1.165) is 22.9 Å². The molecule has 0 aromatic heterocycles. The number of carbonyl (C=O) groups is 1. The molecule has 1 aliphatic heterocycles. The molecule has 1 fully saturated rings. The summed E-state index contributed by atoms with van der Waals surface area (Å²) in [5, 5.41) is 9.44. The number of rotatable bonds is 3. The second kappa shape index (κ2) is 5.65. The van der Waals surface area contributed by atoms with Crippen LogP contribution >= 0.6 is 15.9 Å². The highest BCUT2D eigenvalue weighted by molar-refractivity contribution is 9.10. The molecule has 1 saturated heterocycles. The second-order valence-electron chi connectivity index (χ2n) is 4.29. The van der Waals surface area contributed by atoms with Crippen molar-refractivity contribution in [3.63, 3.8) is 0 Å². The van der Waals surface area contributed by atoms with E-state index in [0.29, 0.717) is 13.2 Å². The lowest BCUT2D eigenvalue weighted by molar-refractivity contribution is -0.141. The zero-order valence-electron chi connectivity index (χ0n) is 9.43. The van der Waals surface area contributed by atoms with E-state index < -0.39 is 11.9 Å². The fraction of sp³-hybridized carbons (Fsp3) is 0.462. The summed E-state index contributed by atoms with van der Waals surface area (Å²) in [6, 6.07) is 7.56. The zero-order valence-corrected chi connectivity index (χ0v) is 11.0. The van der Waals surface area contributed by atoms with E-state index in [4.69, 9.17) is 4.74 Å². The average molecular weight is 299 g/mol. The lowest BCUT2D eigenvalue weighted by Crippen LogP contribution is -2.27. The molecule has 0 spiro atoms. The highest BCUT2D eigenvalue weighted by atomic mass is 79.9. The predicted octanol–water partition coefficient (Wildman–Crippen LogP) is 3.04. The van der Waals surface area contributed by atoms with Crippen LogP contribution in [-0.2, 0) is 9.53 Å². The molecule has 92 valence electrons. The molecule has 0 aliphatic carbocycles. The number of aliphatic carboxylic acids is 1. The molecule has 4 heteroatoms. The Labute approximate surface area is 109 Å². The van der Waals surface area contributed by atoms with E-state index in [2.05, 4.69) is 15.9 Å². The first kappa shape index (κ1) is 12.6. The zero-order chi connectivity index (χ0) is 12.3. The molecule has 0 bridgehead atoms. The van der Waals surface area contributed by atoms with E-state index in [-0.39, 0.29) is 5.92 Å². The molecule has 1 atom stereocenters. The van der Waals surface area contributed by atoms with Gasteiger partial charge in [0.25, 0.3) is 0 Å². The predicted molar refractivity (Wildman–Crippen MR) is 68.1 cm³/mol. The molecule has 2 rings (SSSR count). The topological polar surface area (TPSA) is 46.5 Å². The molecule has 1 aromatic rings. The van der Waals surface area contributed by atoms with Crippen molar-refractivity contribution in [2.45, 2.75) is 18.8 Å². The van der Waals surface area contributed by atoms with Crippen LogP contribution in [0.25, 0.3) is 0 Å². The number of ether oxygens (including phenoxy) is 1. The minimum Gasteiger partial charge on any atom is -0.481 e. The maximum Gasteiger partial charge on any atom is 0.311 e. The van der Waals surface area contributed by atoms with Gasteiger partial charge in [-0.15, -0.1) is 0 Å². The van der Waals surface area contributed by atoms with Gasteiger partial charge in [-0.05, 0) is 30.4 Å². The minimum atomic E-state index is -0.746. The number of hydrogen-bond donors (Lipinski definition) is 1.